The Morgan fingerprint density at radius 3 is 2.62 bits per heavy atom. The zero-order chi connectivity index (χ0) is 11.7. The summed E-state index contributed by atoms with van der Waals surface area (Å²) in [4.78, 5) is 4.43. The summed E-state index contributed by atoms with van der Waals surface area (Å²) in [6.45, 7) is 2.03. The molecule has 16 heavy (non-hydrogen) atoms. The van der Waals surface area contributed by atoms with Crippen LogP contribution in [0.15, 0.2) is 28.9 Å². The Kier molecular flexibility index (Phi) is 3.12. The summed E-state index contributed by atoms with van der Waals surface area (Å²) in [6.07, 6.45) is 0. The highest BCUT2D eigenvalue weighted by molar-refractivity contribution is 9.10. The molecule has 2 aromatic rings. The van der Waals surface area contributed by atoms with Gasteiger partial charge in [-0.3, -0.25) is 0 Å². The molecular formula is C12H13BrN2O. The number of hydrogen-bond acceptors (Lipinski definition) is 2. The average Bonchev–Trinajstić information content (AvgIpc) is 2.55. The first-order valence-electron chi connectivity index (χ1n) is 5.03. The first-order chi connectivity index (χ1) is 7.65. The van der Waals surface area contributed by atoms with Gasteiger partial charge in [-0.1, -0.05) is 24.3 Å². The van der Waals surface area contributed by atoms with Gasteiger partial charge in [0.25, 0.3) is 0 Å². The van der Waals surface area contributed by atoms with Crippen molar-refractivity contribution in [1.82, 2.24) is 9.55 Å². The van der Waals surface area contributed by atoms with E-state index in [1.165, 1.54) is 5.56 Å². The van der Waals surface area contributed by atoms with E-state index in [-0.39, 0.29) is 6.61 Å². The Balaban J connectivity index is 2.62. The van der Waals surface area contributed by atoms with Crippen molar-refractivity contribution < 1.29 is 5.11 Å². The van der Waals surface area contributed by atoms with Crippen LogP contribution in [-0.4, -0.2) is 14.7 Å². The predicted octanol–water partition coefficient (Wildman–Crippen LogP) is 2.65. The van der Waals surface area contributed by atoms with Crippen LogP contribution in [0.3, 0.4) is 0 Å². The Morgan fingerprint density at radius 1 is 1.38 bits per heavy atom. The van der Waals surface area contributed by atoms with Gasteiger partial charge in [-0.15, -0.1) is 0 Å². The van der Waals surface area contributed by atoms with Crippen LogP contribution in [0.25, 0.3) is 11.4 Å². The molecule has 0 spiro atoms. The quantitative estimate of drug-likeness (QED) is 0.919. The van der Waals surface area contributed by atoms with Gasteiger partial charge in [0.1, 0.15) is 10.4 Å². The number of aliphatic hydroxyl groups excluding tert-OH is 1. The van der Waals surface area contributed by atoms with Crippen LogP contribution < -0.4 is 0 Å². The van der Waals surface area contributed by atoms with E-state index in [0.717, 1.165) is 17.1 Å². The number of imidazole rings is 1. The van der Waals surface area contributed by atoms with Crippen LogP contribution in [0.4, 0.5) is 0 Å². The van der Waals surface area contributed by atoms with Crippen LogP contribution in [-0.2, 0) is 13.7 Å². The Morgan fingerprint density at radius 2 is 2.06 bits per heavy atom. The monoisotopic (exact) mass is 280 g/mol. The van der Waals surface area contributed by atoms with Crippen LogP contribution in [0.1, 0.15) is 11.3 Å². The molecule has 0 aliphatic carbocycles. The van der Waals surface area contributed by atoms with Crippen LogP contribution in [0, 0.1) is 6.92 Å². The number of nitrogens with zero attached hydrogens (tertiary/aromatic N) is 2. The fourth-order valence-electron chi connectivity index (χ4n) is 1.73. The summed E-state index contributed by atoms with van der Waals surface area (Å²) in [6, 6.07) is 8.08. The van der Waals surface area contributed by atoms with Crippen molar-refractivity contribution in [3.05, 3.63) is 40.1 Å². The molecule has 0 saturated carbocycles. The van der Waals surface area contributed by atoms with Gasteiger partial charge in [-0.2, -0.15) is 0 Å². The summed E-state index contributed by atoms with van der Waals surface area (Å²) in [5.41, 5.74) is 3.05. The van der Waals surface area contributed by atoms with E-state index in [2.05, 4.69) is 33.9 Å². The van der Waals surface area contributed by atoms with Gasteiger partial charge < -0.3 is 9.67 Å². The molecule has 0 radical (unpaired) electrons. The number of halogens is 1. The van der Waals surface area contributed by atoms with E-state index in [4.69, 9.17) is 0 Å². The molecule has 1 heterocycles. The number of aryl methyl sites for hydroxylation is 1. The van der Waals surface area contributed by atoms with Gasteiger partial charge in [0.2, 0.25) is 0 Å². The van der Waals surface area contributed by atoms with E-state index in [0.29, 0.717) is 4.60 Å². The molecular weight excluding hydrogens is 268 g/mol. The zero-order valence-electron chi connectivity index (χ0n) is 9.24. The maximum absolute atomic E-state index is 9.24. The van der Waals surface area contributed by atoms with Crippen molar-refractivity contribution in [3.8, 4) is 11.4 Å². The Hall–Kier alpha value is -1.13. The molecule has 0 aliphatic heterocycles. The Labute approximate surface area is 103 Å². The molecule has 0 saturated heterocycles. The Bertz CT molecular complexity index is 520. The van der Waals surface area contributed by atoms with E-state index in [1.54, 1.807) is 0 Å². The minimum Gasteiger partial charge on any atom is -0.390 e. The molecule has 4 heteroatoms. The first kappa shape index (κ1) is 11.4. The lowest BCUT2D eigenvalue weighted by atomic mass is 10.1. The van der Waals surface area contributed by atoms with E-state index in [1.807, 2.05) is 29.8 Å². The van der Waals surface area contributed by atoms with Crippen molar-refractivity contribution in [1.29, 1.82) is 0 Å². The molecule has 0 bridgehead atoms. The predicted molar refractivity (Wildman–Crippen MR) is 67.0 cm³/mol. The fourth-order valence-corrected chi connectivity index (χ4v) is 2.29. The summed E-state index contributed by atoms with van der Waals surface area (Å²) < 4.78 is 2.61. The van der Waals surface area contributed by atoms with Gasteiger partial charge in [0, 0.05) is 12.6 Å². The first-order valence-corrected chi connectivity index (χ1v) is 5.82. The van der Waals surface area contributed by atoms with Crippen LogP contribution in [0.5, 0.6) is 0 Å². The maximum atomic E-state index is 9.24. The van der Waals surface area contributed by atoms with Crippen molar-refractivity contribution in [2.24, 2.45) is 7.05 Å². The van der Waals surface area contributed by atoms with E-state index < -0.39 is 0 Å². The third kappa shape index (κ3) is 1.79. The van der Waals surface area contributed by atoms with Gasteiger partial charge in [0.15, 0.2) is 0 Å². The van der Waals surface area contributed by atoms with E-state index >= 15 is 0 Å². The highest BCUT2D eigenvalue weighted by Crippen LogP contribution is 2.26. The molecule has 0 aliphatic rings. The molecule has 1 N–H and O–H groups in total. The smallest absolute Gasteiger partial charge is 0.141 e. The molecule has 0 atom stereocenters. The molecule has 3 nitrogen and oxygen atoms in total. The molecule has 2 rings (SSSR count). The van der Waals surface area contributed by atoms with Gasteiger partial charge in [-0.05, 0) is 28.4 Å². The molecule has 0 unspecified atom stereocenters. The number of aromatic nitrogens is 2. The minimum absolute atomic E-state index is 0.0179. The van der Waals surface area contributed by atoms with Gasteiger partial charge >= 0.3 is 0 Å². The zero-order valence-corrected chi connectivity index (χ0v) is 10.8. The summed E-state index contributed by atoms with van der Waals surface area (Å²) in [7, 11) is 1.91. The lowest BCUT2D eigenvalue weighted by Gasteiger charge is -2.06. The summed E-state index contributed by atoms with van der Waals surface area (Å²) in [5.74, 6) is 0.869. The number of aliphatic hydroxyl groups is 1. The second-order valence-electron chi connectivity index (χ2n) is 3.70. The van der Waals surface area contributed by atoms with Gasteiger partial charge in [-0.25, -0.2) is 4.98 Å². The van der Waals surface area contributed by atoms with Crippen molar-refractivity contribution >= 4 is 15.9 Å². The molecule has 84 valence electrons. The molecule has 1 aromatic heterocycles. The average molecular weight is 281 g/mol. The summed E-state index contributed by atoms with van der Waals surface area (Å²) in [5, 5.41) is 9.24. The second kappa shape index (κ2) is 4.39. The molecule has 0 amide bonds. The standard InChI is InChI=1S/C12H13BrN2O/c1-8-5-3-4-6-9(8)12-14-11(13)10(7-16)15(12)2/h3-6,16H,7H2,1-2H3. The van der Waals surface area contributed by atoms with E-state index in [9.17, 15) is 5.11 Å². The summed E-state index contributed by atoms with van der Waals surface area (Å²) >= 11 is 3.36. The molecule has 1 aromatic carbocycles. The van der Waals surface area contributed by atoms with Crippen molar-refractivity contribution in [3.63, 3.8) is 0 Å². The highest BCUT2D eigenvalue weighted by Gasteiger charge is 2.14. The van der Waals surface area contributed by atoms with Crippen molar-refractivity contribution in [2.45, 2.75) is 13.5 Å². The van der Waals surface area contributed by atoms with Crippen molar-refractivity contribution in [2.75, 3.05) is 0 Å². The van der Waals surface area contributed by atoms with Crippen LogP contribution in [0.2, 0.25) is 0 Å². The third-order valence-electron chi connectivity index (χ3n) is 2.70. The topological polar surface area (TPSA) is 38.1 Å². The lowest BCUT2D eigenvalue weighted by molar-refractivity contribution is 0.272. The normalized spacial score (nSPS) is 10.8. The second-order valence-corrected chi connectivity index (χ2v) is 4.46. The minimum atomic E-state index is -0.0179. The fraction of sp³-hybridized carbons (Fsp3) is 0.250. The van der Waals surface area contributed by atoms with Gasteiger partial charge in [0.05, 0.1) is 12.3 Å². The third-order valence-corrected chi connectivity index (χ3v) is 3.34. The maximum Gasteiger partial charge on any atom is 0.141 e. The highest BCUT2D eigenvalue weighted by atomic mass is 79.9. The number of rotatable bonds is 2. The lowest BCUT2D eigenvalue weighted by Crippen LogP contribution is -1.99. The van der Waals surface area contributed by atoms with Crippen LogP contribution >= 0.6 is 15.9 Å². The largest absolute Gasteiger partial charge is 0.390 e. The number of benzene rings is 1. The number of hydrogen-bond donors (Lipinski definition) is 1. The SMILES string of the molecule is Cc1ccccc1-c1nc(Br)c(CO)n1C. The molecule has 0 fully saturated rings.